The second kappa shape index (κ2) is 8.71. The van der Waals surface area contributed by atoms with Crippen LogP contribution in [0.1, 0.15) is 12.5 Å². The quantitative estimate of drug-likeness (QED) is 0.702. The van der Waals surface area contributed by atoms with E-state index in [4.69, 9.17) is 0 Å². The summed E-state index contributed by atoms with van der Waals surface area (Å²) in [6, 6.07) is 12.7. The molecule has 29 heavy (non-hydrogen) atoms. The highest BCUT2D eigenvalue weighted by Crippen LogP contribution is 2.17. The zero-order valence-electron chi connectivity index (χ0n) is 15.8. The van der Waals surface area contributed by atoms with Gasteiger partial charge in [-0.1, -0.05) is 42.5 Å². The maximum atomic E-state index is 14.0. The number of nitrogens with zero attached hydrogens (tertiary/aromatic N) is 1. The van der Waals surface area contributed by atoms with Gasteiger partial charge in [0.2, 0.25) is 21.8 Å². The Hall–Kier alpha value is -2.78. The fourth-order valence-corrected chi connectivity index (χ4v) is 4.47. The molecule has 3 rings (SSSR count). The van der Waals surface area contributed by atoms with E-state index in [-0.39, 0.29) is 18.4 Å². The van der Waals surface area contributed by atoms with E-state index in [0.29, 0.717) is 13.1 Å². The number of rotatable bonds is 7. The normalized spacial score (nSPS) is 15.4. The molecule has 1 unspecified atom stereocenters. The van der Waals surface area contributed by atoms with Gasteiger partial charge in [-0.2, -0.15) is 4.72 Å². The Bertz CT molecular complexity index is 992. The van der Waals surface area contributed by atoms with Gasteiger partial charge in [0.05, 0.1) is 6.04 Å². The number of carbonyl (C=O) groups excluding carboxylic acids is 2. The number of nitrogens with one attached hydrogen (secondary N) is 2. The minimum absolute atomic E-state index is 0.120. The summed E-state index contributed by atoms with van der Waals surface area (Å²) in [6.45, 7) is 1.99. The molecule has 7 nitrogen and oxygen atoms in total. The molecule has 1 saturated heterocycles. The number of benzene rings is 2. The van der Waals surface area contributed by atoms with Gasteiger partial charge in [0.15, 0.2) is 0 Å². The van der Waals surface area contributed by atoms with Gasteiger partial charge in [0, 0.05) is 20.0 Å². The first-order valence-corrected chi connectivity index (χ1v) is 10.6. The number of carbonyl (C=O) groups is 2. The summed E-state index contributed by atoms with van der Waals surface area (Å²) in [4.78, 5) is 25.0. The molecule has 2 aromatic rings. The van der Waals surface area contributed by atoms with Crippen LogP contribution in [0.25, 0.3) is 0 Å². The second-order valence-corrected chi connectivity index (χ2v) is 8.62. The van der Waals surface area contributed by atoms with Gasteiger partial charge in [-0.15, -0.1) is 0 Å². The van der Waals surface area contributed by atoms with Gasteiger partial charge >= 0.3 is 0 Å². The Morgan fingerprint density at radius 2 is 1.72 bits per heavy atom. The van der Waals surface area contributed by atoms with Crippen LogP contribution < -0.4 is 10.0 Å². The minimum Gasteiger partial charge on any atom is -0.350 e. The molecule has 0 bridgehead atoms. The average Bonchev–Trinajstić information content (AvgIpc) is 2.64. The van der Waals surface area contributed by atoms with Crippen LogP contribution in [0.2, 0.25) is 0 Å². The fourth-order valence-electron chi connectivity index (χ4n) is 3.20. The molecule has 2 aromatic carbocycles. The predicted molar refractivity (Wildman–Crippen MR) is 105 cm³/mol. The average molecular weight is 419 g/mol. The molecule has 0 aliphatic carbocycles. The van der Waals surface area contributed by atoms with E-state index in [9.17, 15) is 22.4 Å². The van der Waals surface area contributed by atoms with E-state index < -0.39 is 32.7 Å². The smallest absolute Gasteiger partial charge is 0.244 e. The third-order valence-corrected chi connectivity index (χ3v) is 6.11. The molecule has 0 aromatic heterocycles. The molecule has 2 amide bonds. The number of likely N-dealkylation sites (tertiary alicyclic amines) is 1. The third kappa shape index (κ3) is 5.18. The van der Waals surface area contributed by atoms with Crippen molar-refractivity contribution >= 4 is 21.8 Å². The number of hydrogen-bond acceptors (Lipinski definition) is 4. The predicted octanol–water partition coefficient (Wildman–Crippen LogP) is 1.06. The maximum Gasteiger partial charge on any atom is 0.244 e. The molecular formula is C20H22FN3O4S. The molecule has 9 heteroatoms. The molecular weight excluding hydrogens is 397 g/mol. The molecule has 1 heterocycles. The largest absolute Gasteiger partial charge is 0.350 e. The second-order valence-electron chi connectivity index (χ2n) is 6.93. The lowest BCUT2D eigenvalue weighted by Gasteiger charge is -2.41. The maximum absolute atomic E-state index is 14.0. The minimum atomic E-state index is -4.25. The fraction of sp³-hybridized carbons (Fsp3) is 0.300. The molecule has 1 fully saturated rings. The van der Waals surface area contributed by atoms with Crippen LogP contribution >= 0.6 is 0 Å². The first-order valence-electron chi connectivity index (χ1n) is 9.13. The highest BCUT2D eigenvalue weighted by Gasteiger charge is 2.37. The van der Waals surface area contributed by atoms with E-state index in [1.807, 2.05) is 6.07 Å². The van der Waals surface area contributed by atoms with Crippen LogP contribution in [-0.4, -0.2) is 50.3 Å². The number of amides is 2. The SMILES string of the molecule is CC(=O)NC1CN(C(=O)C(Cc2ccccc2)NS(=O)(=O)c2ccccc2F)C1. The standard InChI is InChI=1S/C20H22FN3O4S/c1-14(25)22-16-12-24(13-16)20(26)18(11-15-7-3-2-4-8-15)23-29(27,28)19-10-6-5-9-17(19)21/h2-10,16,18,23H,11-13H2,1H3,(H,22,25). The van der Waals surface area contributed by atoms with E-state index in [2.05, 4.69) is 10.0 Å². The Balaban J connectivity index is 1.79. The Labute approximate surface area is 169 Å². The first kappa shape index (κ1) is 20.9. The molecule has 0 spiro atoms. The van der Waals surface area contributed by atoms with Crippen molar-refractivity contribution in [2.24, 2.45) is 0 Å². The Morgan fingerprint density at radius 1 is 1.10 bits per heavy atom. The van der Waals surface area contributed by atoms with Gasteiger partial charge < -0.3 is 10.2 Å². The van der Waals surface area contributed by atoms with Crippen LogP contribution in [-0.2, 0) is 26.0 Å². The summed E-state index contributed by atoms with van der Waals surface area (Å²) in [5.41, 5.74) is 0.765. The van der Waals surface area contributed by atoms with E-state index >= 15 is 0 Å². The van der Waals surface area contributed by atoms with Crippen LogP contribution in [0.15, 0.2) is 59.5 Å². The van der Waals surface area contributed by atoms with Crippen LogP contribution in [0.5, 0.6) is 0 Å². The number of hydrogen-bond donors (Lipinski definition) is 2. The van der Waals surface area contributed by atoms with Gasteiger partial charge in [-0.3, -0.25) is 9.59 Å². The van der Waals surface area contributed by atoms with Crippen molar-refractivity contribution in [3.05, 3.63) is 66.0 Å². The lowest BCUT2D eigenvalue weighted by molar-refractivity contribution is -0.139. The molecule has 1 aliphatic rings. The van der Waals surface area contributed by atoms with E-state index in [1.165, 1.54) is 24.0 Å². The van der Waals surface area contributed by atoms with E-state index in [0.717, 1.165) is 17.7 Å². The van der Waals surface area contributed by atoms with Crippen LogP contribution in [0.4, 0.5) is 4.39 Å². The third-order valence-electron chi connectivity index (χ3n) is 4.60. The molecule has 154 valence electrons. The van der Waals surface area contributed by atoms with Crippen LogP contribution in [0, 0.1) is 5.82 Å². The zero-order valence-corrected chi connectivity index (χ0v) is 16.7. The lowest BCUT2D eigenvalue weighted by atomic mass is 10.0. The zero-order chi connectivity index (χ0) is 21.0. The molecule has 1 aliphatic heterocycles. The van der Waals surface area contributed by atoms with Crippen molar-refractivity contribution in [1.29, 1.82) is 0 Å². The number of halogens is 1. The molecule has 0 saturated carbocycles. The van der Waals surface area contributed by atoms with Crippen molar-refractivity contribution in [3.63, 3.8) is 0 Å². The highest BCUT2D eigenvalue weighted by molar-refractivity contribution is 7.89. The monoisotopic (exact) mass is 419 g/mol. The van der Waals surface area contributed by atoms with Gasteiger partial charge in [-0.25, -0.2) is 12.8 Å². The molecule has 0 radical (unpaired) electrons. The summed E-state index contributed by atoms with van der Waals surface area (Å²) >= 11 is 0. The summed E-state index contributed by atoms with van der Waals surface area (Å²) in [7, 11) is -4.25. The Morgan fingerprint density at radius 3 is 2.34 bits per heavy atom. The molecule has 2 N–H and O–H groups in total. The van der Waals surface area contributed by atoms with Gasteiger partial charge in [0.1, 0.15) is 16.8 Å². The van der Waals surface area contributed by atoms with Crippen LogP contribution in [0.3, 0.4) is 0 Å². The van der Waals surface area contributed by atoms with E-state index in [1.54, 1.807) is 24.3 Å². The lowest BCUT2D eigenvalue weighted by Crippen LogP contribution is -2.64. The van der Waals surface area contributed by atoms with Crippen molar-refractivity contribution < 1.29 is 22.4 Å². The molecule has 1 atom stereocenters. The summed E-state index contributed by atoms with van der Waals surface area (Å²) in [5, 5.41) is 2.71. The van der Waals surface area contributed by atoms with Gasteiger partial charge in [-0.05, 0) is 24.1 Å². The first-order chi connectivity index (χ1) is 13.8. The highest BCUT2D eigenvalue weighted by atomic mass is 32.2. The summed E-state index contributed by atoms with van der Waals surface area (Å²) in [6.07, 6.45) is 0.120. The number of sulfonamides is 1. The Kier molecular flexibility index (Phi) is 6.29. The van der Waals surface area contributed by atoms with Crippen molar-refractivity contribution in [2.75, 3.05) is 13.1 Å². The van der Waals surface area contributed by atoms with Crippen molar-refractivity contribution in [1.82, 2.24) is 14.9 Å². The summed E-state index contributed by atoms with van der Waals surface area (Å²) < 4.78 is 41.8. The topological polar surface area (TPSA) is 95.6 Å². The van der Waals surface area contributed by atoms with Crippen molar-refractivity contribution in [2.45, 2.75) is 30.3 Å². The van der Waals surface area contributed by atoms with Gasteiger partial charge in [0.25, 0.3) is 0 Å². The summed E-state index contributed by atoms with van der Waals surface area (Å²) in [5.74, 6) is -1.50. The van der Waals surface area contributed by atoms with Crippen molar-refractivity contribution in [3.8, 4) is 0 Å².